The Hall–Kier alpha value is -2.26. The van der Waals surface area contributed by atoms with E-state index >= 15 is 0 Å². The van der Waals surface area contributed by atoms with Crippen molar-refractivity contribution in [3.05, 3.63) is 22.7 Å². The van der Waals surface area contributed by atoms with E-state index < -0.39 is 17.4 Å². The maximum atomic E-state index is 11.9. The number of rotatable bonds is 8. The van der Waals surface area contributed by atoms with Crippen LogP contribution in [0.4, 0.5) is 0 Å². The lowest BCUT2D eigenvalue weighted by Gasteiger charge is -2.25. The molecule has 0 fully saturated rings. The standard InChI is InChI=1S/C14H17N3O5S/c1-14(8-21-2,13(19)20)15-10(18)3-4-11-16-17-12(22-11)9-5-6-23-7-9/h5-7H,3-4,8H2,1-2H3,(H,15,18)(H,19,20). The van der Waals surface area contributed by atoms with Crippen LogP contribution in [0, 0.1) is 0 Å². The second-order valence-corrected chi connectivity index (χ2v) is 5.91. The molecular weight excluding hydrogens is 322 g/mol. The zero-order valence-corrected chi connectivity index (χ0v) is 13.6. The van der Waals surface area contributed by atoms with Crippen LogP contribution >= 0.6 is 11.3 Å². The molecule has 1 amide bonds. The zero-order chi connectivity index (χ0) is 16.9. The van der Waals surface area contributed by atoms with E-state index in [1.165, 1.54) is 25.4 Å². The zero-order valence-electron chi connectivity index (χ0n) is 12.7. The molecule has 9 heteroatoms. The number of nitrogens with one attached hydrogen (secondary N) is 1. The van der Waals surface area contributed by atoms with Crippen LogP contribution in [-0.4, -0.2) is 46.4 Å². The molecular formula is C14H17N3O5S. The molecule has 0 spiro atoms. The molecule has 124 valence electrons. The molecule has 23 heavy (non-hydrogen) atoms. The van der Waals surface area contributed by atoms with Crippen molar-refractivity contribution in [2.45, 2.75) is 25.3 Å². The molecule has 1 atom stereocenters. The second kappa shape index (κ2) is 7.34. The van der Waals surface area contributed by atoms with Crippen LogP contribution < -0.4 is 5.32 Å². The van der Waals surface area contributed by atoms with Crippen molar-refractivity contribution in [3.63, 3.8) is 0 Å². The number of thiophene rings is 1. The molecule has 2 aromatic rings. The number of aliphatic carboxylic acids is 1. The summed E-state index contributed by atoms with van der Waals surface area (Å²) in [5.41, 5.74) is -0.639. The highest BCUT2D eigenvalue weighted by atomic mass is 32.1. The maximum Gasteiger partial charge on any atom is 0.331 e. The highest BCUT2D eigenvalue weighted by molar-refractivity contribution is 7.08. The molecule has 2 rings (SSSR count). The average molecular weight is 339 g/mol. The molecule has 8 nitrogen and oxygen atoms in total. The van der Waals surface area contributed by atoms with E-state index in [0.29, 0.717) is 11.8 Å². The summed E-state index contributed by atoms with van der Waals surface area (Å²) in [7, 11) is 1.37. The van der Waals surface area contributed by atoms with Crippen molar-refractivity contribution in [1.82, 2.24) is 15.5 Å². The number of carbonyl (C=O) groups is 2. The lowest BCUT2D eigenvalue weighted by Crippen LogP contribution is -2.55. The molecule has 0 aromatic carbocycles. The van der Waals surface area contributed by atoms with E-state index in [1.54, 1.807) is 0 Å². The first-order valence-electron chi connectivity index (χ1n) is 6.83. The fraction of sp³-hybridized carbons (Fsp3) is 0.429. The van der Waals surface area contributed by atoms with E-state index in [9.17, 15) is 14.7 Å². The van der Waals surface area contributed by atoms with Gasteiger partial charge in [0.15, 0.2) is 5.54 Å². The third-order valence-electron chi connectivity index (χ3n) is 3.12. The van der Waals surface area contributed by atoms with E-state index in [1.807, 2.05) is 16.8 Å². The summed E-state index contributed by atoms with van der Waals surface area (Å²) in [5.74, 6) is -0.867. The van der Waals surface area contributed by atoms with Crippen molar-refractivity contribution in [2.75, 3.05) is 13.7 Å². The van der Waals surface area contributed by atoms with Gasteiger partial charge in [-0.1, -0.05) is 0 Å². The molecule has 2 heterocycles. The Morgan fingerprint density at radius 2 is 2.26 bits per heavy atom. The van der Waals surface area contributed by atoms with Gasteiger partial charge >= 0.3 is 5.97 Å². The number of methoxy groups -OCH3 is 1. The lowest BCUT2D eigenvalue weighted by molar-refractivity contribution is -0.149. The lowest BCUT2D eigenvalue weighted by atomic mass is 10.0. The first kappa shape index (κ1) is 17.1. The third-order valence-corrected chi connectivity index (χ3v) is 3.80. The minimum absolute atomic E-state index is 0.0395. The normalized spacial score (nSPS) is 13.5. The summed E-state index contributed by atoms with van der Waals surface area (Å²) in [5, 5.41) is 23.2. The number of carbonyl (C=O) groups excluding carboxylic acids is 1. The Labute approximate surface area is 136 Å². The number of carboxylic acid groups (broad SMARTS) is 1. The highest BCUT2D eigenvalue weighted by Gasteiger charge is 2.34. The Balaban J connectivity index is 1.90. The van der Waals surface area contributed by atoms with Gasteiger partial charge < -0.3 is 19.6 Å². The van der Waals surface area contributed by atoms with Gasteiger partial charge in [0.25, 0.3) is 0 Å². The number of aryl methyl sites for hydroxylation is 1. The van der Waals surface area contributed by atoms with E-state index in [2.05, 4.69) is 15.5 Å². The van der Waals surface area contributed by atoms with E-state index in [4.69, 9.17) is 9.15 Å². The Bertz CT molecular complexity index is 670. The van der Waals surface area contributed by atoms with Gasteiger partial charge in [0.1, 0.15) is 0 Å². The van der Waals surface area contributed by atoms with Gasteiger partial charge in [-0.25, -0.2) is 4.79 Å². The van der Waals surface area contributed by atoms with Gasteiger partial charge in [-0.2, -0.15) is 11.3 Å². The molecule has 2 aromatic heterocycles. The van der Waals surface area contributed by atoms with Crippen LogP contribution in [0.25, 0.3) is 11.5 Å². The van der Waals surface area contributed by atoms with Crippen molar-refractivity contribution in [1.29, 1.82) is 0 Å². The fourth-order valence-corrected chi connectivity index (χ4v) is 2.52. The Kier molecular flexibility index (Phi) is 5.45. The Morgan fingerprint density at radius 1 is 1.48 bits per heavy atom. The number of hydrogen-bond acceptors (Lipinski definition) is 7. The fourth-order valence-electron chi connectivity index (χ4n) is 1.89. The number of aromatic nitrogens is 2. The van der Waals surface area contributed by atoms with Gasteiger partial charge in [0.05, 0.1) is 6.61 Å². The topological polar surface area (TPSA) is 115 Å². The van der Waals surface area contributed by atoms with Crippen LogP contribution in [0.1, 0.15) is 19.2 Å². The summed E-state index contributed by atoms with van der Waals surface area (Å²) >= 11 is 1.52. The number of amides is 1. The van der Waals surface area contributed by atoms with Gasteiger partial charge in [-0.05, 0) is 18.4 Å². The van der Waals surface area contributed by atoms with Gasteiger partial charge in [0, 0.05) is 30.9 Å². The smallest absolute Gasteiger partial charge is 0.331 e. The molecule has 0 saturated carbocycles. The second-order valence-electron chi connectivity index (χ2n) is 5.13. The van der Waals surface area contributed by atoms with Crippen molar-refractivity contribution in [2.24, 2.45) is 0 Å². The van der Waals surface area contributed by atoms with Crippen LogP contribution in [0.2, 0.25) is 0 Å². The molecule has 0 aliphatic rings. The third kappa shape index (κ3) is 4.36. The molecule has 0 radical (unpaired) electrons. The summed E-state index contributed by atoms with van der Waals surface area (Å²) in [4.78, 5) is 23.1. The number of hydrogen-bond donors (Lipinski definition) is 2. The molecule has 0 saturated heterocycles. The van der Waals surface area contributed by atoms with Crippen molar-refractivity contribution >= 4 is 23.2 Å². The largest absolute Gasteiger partial charge is 0.479 e. The predicted molar refractivity (Wildman–Crippen MR) is 82.0 cm³/mol. The average Bonchev–Trinajstić information content (AvgIpc) is 3.16. The maximum absolute atomic E-state index is 11.9. The highest BCUT2D eigenvalue weighted by Crippen LogP contribution is 2.20. The number of nitrogens with zero attached hydrogens (tertiary/aromatic N) is 2. The monoisotopic (exact) mass is 339 g/mol. The molecule has 1 unspecified atom stereocenters. The molecule has 0 aliphatic carbocycles. The Morgan fingerprint density at radius 3 is 2.87 bits per heavy atom. The van der Waals surface area contributed by atoms with Crippen LogP contribution in [0.3, 0.4) is 0 Å². The van der Waals surface area contributed by atoms with Crippen LogP contribution in [0.15, 0.2) is 21.2 Å². The molecule has 0 aliphatic heterocycles. The quantitative estimate of drug-likeness (QED) is 0.745. The van der Waals surface area contributed by atoms with Crippen molar-refractivity contribution < 1.29 is 23.8 Å². The minimum atomic E-state index is -1.47. The molecule has 0 bridgehead atoms. The summed E-state index contributed by atoms with van der Waals surface area (Å²) in [6, 6.07) is 1.86. The summed E-state index contributed by atoms with van der Waals surface area (Å²) in [6.07, 6.45) is 0.267. The van der Waals surface area contributed by atoms with Gasteiger partial charge in [-0.15, -0.1) is 10.2 Å². The van der Waals surface area contributed by atoms with E-state index in [-0.39, 0.29) is 19.4 Å². The summed E-state index contributed by atoms with van der Waals surface area (Å²) < 4.78 is 10.3. The molecule has 2 N–H and O–H groups in total. The first-order chi connectivity index (χ1) is 10.9. The van der Waals surface area contributed by atoms with Gasteiger partial charge in [-0.3, -0.25) is 4.79 Å². The SMILES string of the molecule is COCC(C)(NC(=O)CCc1nnc(-c2ccsc2)o1)C(=O)O. The number of carboxylic acids is 1. The van der Waals surface area contributed by atoms with Gasteiger partial charge in [0.2, 0.25) is 17.7 Å². The minimum Gasteiger partial charge on any atom is -0.479 e. The van der Waals surface area contributed by atoms with Crippen LogP contribution in [0.5, 0.6) is 0 Å². The number of ether oxygens (including phenoxy) is 1. The summed E-state index contributed by atoms with van der Waals surface area (Å²) in [6.45, 7) is 1.26. The van der Waals surface area contributed by atoms with Crippen LogP contribution in [-0.2, 0) is 20.7 Å². The first-order valence-corrected chi connectivity index (χ1v) is 7.77. The van der Waals surface area contributed by atoms with Crippen molar-refractivity contribution in [3.8, 4) is 11.5 Å². The predicted octanol–water partition coefficient (Wildman–Crippen LogP) is 1.34. The van der Waals surface area contributed by atoms with E-state index in [0.717, 1.165) is 5.56 Å².